The molecule has 224 valence electrons. The van der Waals surface area contributed by atoms with E-state index in [0.717, 1.165) is 17.7 Å². The molecule has 13 heteroatoms. The smallest absolute Gasteiger partial charge is 0.416 e. The Hall–Kier alpha value is -4.55. The van der Waals surface area contributed by atoms with Crippen LogP contribution in [0.15, 0.2) is 107 Å². The van der Waals surface area contributed by atoms with E-state index in [2.05, 4.69) is 10.5 Å². The highest BCUT2D eigenvalue weighted by Crippen LogP contribution is 2.37. The first-order valence-corrected chi connectivity index (χ1v) is 14.4. The summed E-state index contributed by atoms with van der Waals surface area (Å²) in [4.78, 5) is 12.6. The van der Waals surface area contributed by atoms with E-state index in [0.29, 0.717) is 34.0 Å². The SMILES string of the molecule is COc1cc(/C=N\NC(=O)CN(c2cc(C(F)(F)F)ccc2Cl)S(=O)(=O)c2ccccc2)ccc1OCc1ccccc1. The summed E-state index contributed by atoms with van der Waals surface area (Å²) < 4.78 is 79.0. The van der Waals surface area contributed by atoms with Crippen LogP contribution in [-0.2, 0) is 27.6 Å². The number of halogens is 4. The molecule has 4 rings (SSSR count). The molecule has 0 unspecified atom stereocenters. The summed E-state index contributed by atoms with van der Waals surface area (Å²) in [6.45, 7) is -0.593. The minimum atomic E-state index is -4.78. The van der Waals surface area contributed by atoms with Gasteiger partial charge in [-0.1, -0.05) is 60.1 Å². The van der Waals surface area contributed by atoms with E-state index < -0.39 is 39.9 Å². The summed E-state index contributed by atoms with van der Waals surface area (Å²) in [5.41, 5.74) is 2.03. The van der Waals surface area contributed by atoms with E-state index in [1.165, 1.54) is 37.6 Å². The third-order valence-corrected chi connectivity index (χ3v) is 8.08. The van der Waals surface area contributed by atoms with Crippen LogP contribution >= 0.6 is 11.6 Å². The van der Waals surface area contributed by atoms with Gasteiger partial charge < -0.3 is 9.47 Å². The monoisotopic (exact) mass is 631 g/mol. The van der Waals surface area contributed by atoms with Crippen molar-refractivity contribution in [2.75, 3.05) is 18.0 Å². The number of sulfonamides is 1. The van der Waals surface area contributed by atoms with Crippen LogP contribution in [0.5, 0.6) is 11.5 Å². The Kier molecular flexibility index (Phi) is 9.94. The molecule has 4 aromatic rings. The molecule has 0 heterocycles. The predicted octanol–water partition coefficient (Wildman–Crippen LogP) is 6.29. The minimum Gasteiger partial charge on any atom is -0.493 e. The van der Waals surface area contributed by atoms with E-state index in [9.17, 15) is 26.4 Å². The lowest BCUT2D eigenvalue weighted by Gasteiger charge is -2.25. The van der Waals surface area contributed by atoms with Gasteiger partial charge in [-0.25, -0.2) is 13.8 Å². The van der Waals surface area contributed by atoms with Crippen LogP contribution in [0, 0.1) is 0 Å². The fourth-order valence-corrected chi connectivity index (χ4v) is 5.59. The highest BCUT2D eigenvalue weighted by molar-refractivity contribution is 7.92. The van der Waals surface area contributed by atoms with Crippen molar-refractivity contribution in [1.29, 1.82) is 0 Å². The zero-order valence-electron chi connectivity index (χ0n) is 22.6. The molecule has 0 spiro atoms. The van der Waals surface area contributed by atoms with Gasteiger partial charge in [-0.05, 0) is 59.7 Å². The van der Waals surface area contributed by atoms with Gasteiger partial charge in [0.1, 0.15) is 13.2 Å². The third-order valence-electron chi connectivity index (χ3n) is 5.99. The lowest BCUT2D eigenvalue weighted by molar-refractivity contribution is -0.137. The number of hydrogen-bond acceptors (Lipinski definition) is 6. The molecule has 0 aliphatic rings. The Morgan fingerprint density at radius 3 is 2.28 bits per heavy atom. The van der Waals surface area contributed by atoms with Gasteiger partial charge in [-0.15, -0.1) is 0 Å². The van der Waals surface area contributed by atoms with Gasteiger partial charge in [-0.2, -0.15) is 18.3 Å². The second kappa shape index (κ2) is 13.6. The number of hydrogen-bond donors (Lipinski definition) is 1. The maximum atomic E-state index is 13.5. The van der Waals surface area contributed by atoms with Gasteiger partial charge in [0, 0.05) is 0 Å². The van der Waals surface area contributed by atoms with Crippen molar-refractivity contribution < 1.29 is 35.9 Å². The molecule has 1 amide bonds. The molecule has 0 atom stereocenters. The number of anilines is 1. The Bertz CT molecular complexity index is 1700. The van der Waals surface area contributed by atoms with E-state index in [1.54, 1.807) is 24.3 Å². The number of hydrazone groups is 1. The predicted molar refractivity (Wildman–Crippen MR) is 157 cm³/mol. The van der Waals surface area contributed by atoms with Crippen molar-refractivity contribution in [2.24, 2.45) is 5.10 Å². The number of nitrogens with one attached hydrogen (secondary N) is 1. The number of methoxy groups -OCH3 is 1. The Morgan fingerprint density at radius 2 is 1.63 bits per heavy atom. The summed E-state index contributed by atoms with van der Waals surface area (Å²) in [5.74, 6) is -0.0446. The summed E-state index contributed by atoms with van der Waals surface area (Å²) in [5, 5.41) is 3.57. The molecule has 0 fully saturated rings. The van der Waals surface area contributed by atoms with Crippen molar-refractivity contribution in [2.45, 2.75) is 17.7 Å². The first-order valence-electron chi connectivity index (χ1n) is 12.6. The molecule has 1 N–H and O–H groups in total. The summed E-state index contributed by atoms with van der Waals surface area (Å²) >= 11 is 6.14. The molecule has 0 bridgehead atoms. The maximum absolute atomic E-state index is 13.5. The number of carbonyl (C=O) groups is 1. The Balaban J connectivity index is 1.53. The number of nitrogens with zero attached hydrogens (tertiary/aromatic N) is 2. The lowest BCUT2D eigenvalue weighted by Crippen LogP contribution is -2.40. The molecule has 43 heavy (non-hydrogen) atoms. The first-order chi connectivity index (χ1) is 20.5. The van der Waals surface area contributed by atoms with Gasteiger partial charge in [0.15, 0.2) is 11.5 Å². The van der Waals surface area contributed by atoms with Gasteiger partial charge in [0.25, 0.3) is 15.9 Å². The number of carbonyl (C=O) groups excluding carboxylic acids is 1. The lowest BCUT2D eigenvalue weighted by atomic mass is 10.2. The third kappa shape index (κ3) is 8.05. The average molecular weight is 632 g/mol. The second-order valence-electron chi connectivity index (χ2n) is 8.97. The van der Waals surface area contributed by atoms with Gasteiger partial charge >= 0.3 is 6.18 Å². The maximum Gasteiger partial charge on any atom is 0.416 e. The quantitative estimate of drug-likeness (QED) is 0.155. The van der Waals surface area contributed by atoms with E-state index in [4.69, 9.17) is 21.1 Å². The van der Waals surface area contributed by atoms with E-state index in [-0.39, 0.29) is 9.92 Å². The average Bonchev–Trinajstić information content (AvgIpc) is 3.00. The van der Waals surface area contributed by atoms with Crippen LogP contribution in [0.4, 0.5) is 18.9 Å². The zero-order valence-corrected chi connectivity index (χ0v) is 24.2. The van der Waals surface area contributed by atoms with Crippen molar-refractivity contribution >= 4 is 39.4 Å². The van der Waals surface area contributed by atoms with Crippen LogP contribution in [0.25, 0.3) is 0 Å². The molecular weight excluding hydrogens is 607 g/mol. The molecule has 0 radical (unpaired) electrons. The molecule has 0 aliphatic carbocycles. The van der Waals surface area contributed by atoms with Crippen molar-refractivity contribution in [3.8, 4) is 11.5 Å². The zero-order chi connectivity index (χ0) is 31.0. The standard InChI is InChI=1S/C30H25ClF3N3O5S/c1-41-28-16-22(12-15-27(28)42-20-21-8-4-2-5-9-21)18-35-36-29(38)19-37(43(39,40)24-10-6-3-7-11-24)26-17-23(30(32,33)34)13-14-25(26)31/h2-18H,19-20H2,1H3,(H,36,38)/b35-18-. The number of ether oxygens (including phenoxy) is 2. The second-order valence-corrected chi connectivity index (χ2v) is 11.2. The fraction of sp³-hybridized carbons (Fsp3) is 0.133. The minimum absolute atomic E-state index is 0.249. The molecule has 0 aromatic heterocycles. The van der Waals surface area contributed by atoms with Gasteiger partial charge in [0.05, 0.1) is 34.5 Å². The number of rotatable bonds is 11. The Morgan fingerprint density at radius 1 is 0.953 bits per heavy atom. The Labute approximate surface area is 251 Å². The first kappa shape index (κ1) is 31.4. The fourth-order valence-electron chi connectivity index (χ4n) is 3.86. The van der Waals surface area contributed by atoms with Crippen LogP contribution in [0.1, 0.15) is 16.7 Å². The van der Waals surface area contributed by atoms with Gasteiger partial charge in [-0.3, -0.25) is 9.10 Å². The highest BCUT2D eigenvalue weighted by atomic mass is 35.5. The summed E-state index contributed by atoms with van der Waals surface area (Å²) in [6.07, 6.45) is -3.49. The van der Waals surface area contributed by atoms with Crippen LogP contribution < -0.4 is 19.2 Å². The molecule has 0 saturated heterocycles. The van der Waals surface area contributed by atoms with E-state index in [1.807, 2.05) is 30.3 Å². The highest BCUT2D eigenvalue weighted by Gasteiger charge is 2.34. The summed E-state index contributed by atoms with van der Waals surface area (Å²) in [7, 11) is -3.05. The van der Waals surface area contributed by atoms with Crippen molar-refractivity contribution in [1.82, 2.24) is 5.43 Å². The number of alkyl halides is 3. The largest absolute Gasteiger partial charge is 0.493 e. The molecular formula is C30H25ClF3N3O5S. The molecule has 4 aromatic carbocycles. The number of amides is 1. The van der Waals surface area contributed by atoms with Gasteiger partial charge in [0.2, 0.25) is 0 Å². The molecule has 0 saturated carbocycles. The molecule has 8 nitrogen and oxygen atoms in total. The van der Waals surface area contributed by atoms with Crippen molar-refractivity contribution in [3.63, 3.8) is 0 Å². The number of benzene rings is 4. The van der Waals surface area contributed by atoms with Crippen LogP contribution in [0.2, 0.25) is 5.02 Å². The van der Waals surface area contributed by atoms with Crippen LogP contribution in [-0.4, -0.2) is 34.2 Å². The summed E-state index contributed by atoms with van der Waals surface area (Å²) in [6, 6.07) is 23.6. The van der Waals surface area contributed by atoms with E-state index >= 15 is 0 Å². The topological polar surface area (TPSA) is 97.3 Å². The molecule has 0 aliphatic heterocycles. The normalized spacial score (nSPS) is 11.7. The van der Waals surface area contributed by atoms with Crippen LogP contribution in [0.3, 0.4) is 0 Å². The van der Waals surface area contributed by atoms with Crippen molar-refractivity contribution in [3.05, 3.63) is 119 Å².